The second-order valence-corrected chi connectivity index (χ2v) is 5.75. The van der Waals surface area contributed by atoms with Crippen molar-refractivity contribution in [2.24, 2.45) is 5.73 Å². The van der Waals surface area contributed by atoms with Crippen LogP contribution in [-0.4, -0.2) is 29.3 Å². The van der Waals surface area contributed by atoms with Gasteiger partial charge in [0.25, 0.3) is 0 Å². The molecule has 86 valence electrons. The number of hydrogen-bond acceptors (Lipinski definition) is 4. The molecule has 0 aromatic carbocycles. The summed E-state index contributed by atoms with van der Waals surface area (Å²) < 4.78 is 5.49. The molecule has 3 atom stereocenters. The lowest BCUT2D eigenvalue weighted by atomic mass is 10.0. The molecule has 1 aliphatic heterocycles. The molecule has 3 nitrogen and oxygen atoms in total. The minimum absolute atomic E-state index is 0.384. The van der Waals surface area contributed by atoms with Crippen LogP contribution in [0.25, 0.3) is 0 Å². The number of ether oxygens (including phenoxy) is 1. The summed E-state index contributed by atoms with van der Waals surface area (Å²) in [5.74, 6) is 1.08. The van der Waals surface area contributed by atoms with Gasteiger partial charge in [-0.2, -0.15) is 17.0 Å². The second-order valence-electron chi connectivity index (χ2n) is 4.41. The maximum atomic E-state index is 8.75. The van der Waals surface area contributed by atoms with Crippen molar-refractivity contribution in [1.82, 2.24) is 0 Å². The maximum absolute atomic E-state index is 8.75. The van der Waals surface area contributed by atoms with Crippen LogP contribution in [-0.2, 0) is 4.74 Å². The van der Waals surface area contributed by atoms with Crippen molar-refractivity contribution in [1.29, 1.82) is 5.26 Å². The maximum Gasteiger partial charge on any atom is 0.101 e. The van der Waals surface area contributed by atoms with Crippen LogP contribution in [0.3, 0.4) is 0 Å². The second kappa shape index (κ2) is 5.74. The van der Waals surface area contributed by atoms with Crippen molar-refractivity contribution in [2.45, 2.75) is 50.0 Å². The first-order valence-corrected chi connectivity index (χ1v) is 6.53. The van der Waals surface area contributed by atoms with Gasteiger partial charge < -0.3 is 10.5 Å². The predicted molar refractivity (Wildman–Crippen MR) is 63.7 cm³/mol. The first kappa shape index (κ1) is 12.8. The highest BCUT2D eigenvalue weighted by Gasteiger charge is 2.24. The number of hydrogen-bond donors (Lipinski definition) is 1. The van der Waals surface area contributed by atoms with Crippen molar-refractivity contribution < 1.29 is 4.74 Å². The van der Waals surface area contributed by atoms with Gasteiger partial charge in [0.15, 0.2) is 0 Å². The Morgan fingerprint density at radius 3 is 2.93 bits per heavy atom. The van der Waals surface area contributed by atoms with Crippen LogP contribution >= 0.6 is 11.8 Å². The minimum Gasteiger partial charge on any atom is -0.377 e. The van der Waals surface area contributed by atoms with Gasteiger partial charge in [-0.1, -0.05) is 0 Å². The summed E-state index contributed by atoms with van der Waals surface area (Å²) in [6.07, 6.45) is 3.33. The Morgan fingerprint density at radius 1 is 1.67 bits per heavy atom. The van der Waals surface area contributed by atoms with Gasteiger partial charge in [-0.3, -0.25) is 0 Å². The van der Waals surface area contributed by atoms with Crippen molar-refractivity contribution in [2.75, 3.05) is 12.4 Å². The van der Waals surface area contributed by atoms with E-state index in [1.807, 2.05) is 11.8 Å². The molecule has 1 saturated heterocycles. The molecule has 1 fully saturated rings. The SMILES string of the molecule is CC1OCCC1SCCCC(C)(N)C#N. The smallest absolute Gasteiger partial charge is 0.101 e. The Labute approximate surface area is 96.4 Å². The third kappa shape index (κ3) is 4.42. The highest BCUT2D eigenvalue weighted by atomic mass is 32.2. The third-order valence-corrected chi connectivity index (χ3v) is 4.31. The Bertz CT molecular complexity index is 237. The lowest BCUT2D eigenvalue weighted by Gasteiger charge is -2.16. The van der Waals surface area contributed by atoms with Crippen molar-refractivity contribution in [3.63, 3.8) is 0 Å². The van der Waals surface area contributed by atoms with E-state index in [4.69, 9.17) is 15.7 Å². The lowest BCUT2D eigenvalue weighted by Crippen LogP contribution is -2.34. The first-order valence-electron chi connectivity index (χ1n) is 5.48. The lowest BCUT2D eigenvalue weighted by molar-refractivity contribution is 0.127. The van der Waals surface area contributed by atoms with Gasteiger partial charge in [-0.25, -0.2) is 0 Å². The summed E-state index contributed by atoms with van der Waals surface area (Å²) in [6, 6.07) is 2.12. The Balaban J connectivity index is 2.09. The van der Waals surface area contributed by atoms with Gasteiger partial charge in [-0.05, 0) is 38.9 Å². The molecule has 0 bridgehead atoms. The van der Waals surface area contributed by atoms with Crippen LogP contribution in [0.1, 0.15) is 33.1 Å². The van der Waals surface area contributed by atoms with Crippen molar-refractivity contribution in [3.8, 4) is 6.07 Å². The molecule has 3 unspecified atom stereocenters. The molecule has 0 amide bonds. The summed E-state index contributed by atoms with van der Waals surface area (Å²) in [5, 5.41) is 9.38. The van der Waals surface area contributed by atoms with Crippen LogP contribution in [0.5, 0.6) is 0 Å². The molecule has 1 rings (SSSR count). The predicted octanol–water partition coefficient (Wildman–Crippen LogP) is 1.92. The molecule has 2 N–H and O–H groups in total. The van der Waals surface area contributed by atoms with Gasteiger partial charge in [0.05, 0.1) is 12.2 Å². The minimum atomic E-state index is -0.654. The fraction of sp³-hybridized carbons (Fsp3) is 0.909. The van der Waals surface area contributed by atoms with E-state index in [-0.39, 0.29) is 0 Å². The summed E-state index contributed by atoms with van der Waals surface area (Å²) in [5.41, 5.74) is 5.09. The van der Waals surface area contributed by atoms with Crippen LogP contribution < -0.4 is 5.73 Å². The van der Waals surface area contributed by atoms with Gasteiger partial charge in [0.2, 0.25) is 0 Å². The molecule has 4 heteroatoms. The van der Waals surface area contributed by atoms with E-state index < -0.39 is 5.54 Å². The summed E-state index contributed by atoms with van der Waals surface area (Å²) in [7, 11) is 0. The number of nitrogens with zero attached hydrogens (tertiary/aromatic N) is 1. The Kier molecular flexibility index (Phi) is 4.91. The van der Waals surface area contributed by atoms with Crippen molar-refractivity contribution in [3.05, 3.63) is 0 Å². The molecular formula is C11H20N2OS. The normalized spacial score (nSPS) is 29.7. The topological polar surface area (TPSA) is 59.0 Å². The third-order valence-electron chi connectivity index (χ3n) is 2.73. The molecule has 15 heavy (non-hydrogen) atoms. The van der Waals surface area contributed by atoms with E-state index in [9.17, 15) is 0 Å². The molecule has 0 aromatic heterocycles. The fourth-order valence-corrected chi connectivity index (χ4v) is 2.89. The van der Waals surface area contributed by atoms with E-state index in [0.29, 0.717) is 11.4 Å². The quantitative estimate of drug-likeness (QED) is 0.730. The molecule has 0 radical (unpaired) electrons. The van der Waals surface area contributed by atoms with Gasteiger partial charge >= 0.3 is 0 Å². The van der Waals surface area contributed by atoms with Gasteiger partial charge in [0.1, 0.15) is 5.54 Å². The molecule has 0 aromatic rings. The number of thioether (sulfide) groups is 1. The Morgan fingerprint density at radius 2 is 2.40 bits per heavy atom. The number of nitrogens with two attached hydrogens (primary N) is 1. The molecule has 1 heterocycles. The summed E-state index contributed by atoms with van der Waals surface area (Å²) in [6.45, 7) is 4.82. The van der Waals surface area contributed by atoms with E-state index in [2.05, 4.69) is 13.0 Å². The van der Waals surface area contributed by atoms with E-state index >= 15 is 0 Å². The largest absolute Gasteiger partial charge is 0.377 e. The zero-order chi connectivity index (χ0) is 11.3. The highest BCUT2D eigenvalue weighted by molar-refractivity contribution is 7.99. The van der Waals surface area contributed by atoms with E-state index in [0.717, 1.165) is 31.6 Å². The number of nitriles is 1. The summed E-state index contributed by atoms with van der Waals surface area (Å²) >= 11 is 1.95. The van der Waals surface area contributed by atoms with Crippen LogP contribution in [0.15, 0.2) is 0 Å². The van der Waals surface area contributed by atoms with Gasteiger partial charge in [0, 0.05) is 11.9 Å². The van der Waals surface area contributed by atoms with Crippen molar-refractivity contribution >= 4 is 11.8 Å². The molecular weight excluding hydrogens is 208 g/mol. The average molecular weight is 228 g/mol. The van der Waals surface area contributed by atoms with Crippen LogP contribution in [0, 0.1) is 11.3 Å². The standard InChI is InChI=1S/C11H20N2OS/c1-9-10(4-6-14-9)15-7-3-5-11(2,13)8-12/h9-10H,3-7,13H2,1-2H3. The fourth-order valence-electron chi connectivity index (χ4n) is 1.66. The highest BCUT2D eigenvalue weighted by Crippen LogP contribution is 2.27. The molecule has 0 aliphatic carbocycles. The zero-order valence-corrected chi connectivity index (χ0v) is 10.3. The molecule has 1 aliphatic rings. The van der Waals surface area contributed by atoms with E-state index in [1.54, 1.807) is 6.92 Å². The first-order chi connectivity index (χ1) is 7.05. The molecule has 0 spiro atoms. The van der Waals surface area contributed by atoms with Crippen LogP contribution in [0.4, 0.5) is 0 Å². The Hall–Kier alpha value is -0.240. The number of rotatable bonds is 5. The molecule has 0 saturated carbocycles. The summed E-state index contributed by atoms with van der Waals surface area (Å²) in [4.78, 5) is 0. The average Bonchev–Trinajstić information content (AvgIpc) is 2.59. The zero-order valence-electron chi connectivity index (χ0n) is 9.53. The van der Waals surface area contributed by atoms with Crippen LogP contribution in [0.2, 0.25) is 0 Å². The van der Waals surface area contributed by atoms with E-state index in [1.165, 1.54) is 0 Å². The monoisotopic (exact) mass is 228 g/mol. The van der Waals surface area contributed by atoms with Gasteiger partial charge in [-0.15, -0.1) is 0 Å².